The molecule has 0 bridgehead atoms. The van der Waals surface area contributed by atoms with Gasteiger partial charge in [0.05, 0.1) is 35.5 Å². The summed E-state index contributed by atoms with van der Waals surface area (Å²) in [4.78, 5) is 90.4. The Morgan fingerprint density at radius 2 is 1.66 bits per heavy atom. The van der Waals surface area contributed by atoms with Gasteiger partial charge in [0.1, 0.15) is 24.2 Å². The number of aryl methyl sites for hydroxylation is 1. The fraction of sp³-hybridized carbons (Fsp3) is 0.400. The number of alkyl halides is 3. The molecule has 328 valence electrons. The number of ether oxygens (including phenoxy) is 1. The Labute approximate surface area is 349 Å². The van der Waals surface area contributed by atoms with E-state index < -0.39 is 60.1 Å². The number of furan rings is 1. The molecule has 1 unspecified atom stereocenters. The van der Waals surface area contributed by atoms with Gasteiger partial charge in [-0.1, -0.05) is 6.07 Å². The van der Waals surface area contributed by atoms with Gasteiger partial charge >= 0.3 is 12.2 Å². The van der Waals surface area contributed by atoms with E-state index in [1.165, 1.54) is 42.9 Å². The first-order valence-electron chi connectivity index (χ1n) is 19.6. The highest BCUT2D eigenvalue weighted by Crippen LogP contribution is 2.34. The second kappa shape index (κ2) is 18.1. The standard InChI is InChI=1S/C31H34F3N9O7.C9H6F2O/c32-31(33,34)17-37-30(49)38-18-14-35-29(36-15-18)42-8-6-19(7-9-42)40-10-12-41(13-11-40)24(45)16-50-22-3-1-2-20-25(22)28(48)43(27(20)47)21-4-5-23(44)39-26(21)46;1-5-4-12-9-7(5)2-6(10)3-8(9)11/h1-3,14-15,19,21H,4-13,16-17H2,(H2,37,38,49)(H,39,44,46);2-4H,1H3. The number of halogens is 5. The molecule has 17 nitrogen and oxygen atoms in total. The van der Waals surface area contributed by atoms with Crippen LogP contribution in [-0.2, 0) is 14.4 Å². The number of nitrogens with zero attached hydrogens (tertiary/aromatic N) is 6. The molecule has 4 aliphatic heterocycles. The van der Waals surface area contributed by atoms with Crippen molar-refractivity contribution in [1.82, 2.24) is 35.3 Å². The van der Waals surface area contributed by atoms with Gasteiger partial charge in [-0.2, -0.15) is 13.2 Å². The van der Waals surface area contributed by atoms with E-state index in [4.69, 9.17) is 9.15 Å². The smallest absolute Gasteiger partial charge is 0.405 e. The molecule has 8 rings (SSSR count). The van der Waals surface area contributed by atoms with Crippen LogP contribution in [0.4, 0.5) is 38.4 Å². The third kappa shape index (κ3) is 9.74. The van der Waals surface area contributed by atoms with Crippen molar-refractivity contribution < 1.29 is 59.9 Å². The molecule has 3 N–H and O–H groups in total. The molecule has 7 amide bonds. The van der Waals surface area contributed by atoms with Crippen molar-refractivity contribution in [2.24, 2.45) is 0 Å². The number of piperazine rings is 1. The molecule has 22 heteroatoms. The summed E-state index contributed by atoms with van der Waals surface area (Å²) < 4.78 is 73.1. The third-order valence-electron chi connectivity index (χ3n) is 10.8. The average molecular weight is 870 g/mol. The van der Waals surface area contributed by atoms with Gasteiger partial charge < -0.3 is 29.6 Å². The number of piperidine rings is 2. The first-order valence-corrected chi connectivity index (χ1v) is 19.6. The maximum absolute atomic E-state index is 13.3. The van der Waals surface area contributed by atoms with E-state index in [0.29, 0.717) is 50.6 Å². The number of carbonyl (C=O) groups excluding carboxylic acids is 6. The minimum Gasteiger partial charge on any atom is -0.483 e. The first kappa shape index (κ1) is 43.4. The van der Waals surface area contributed by atoms with Crippen LogP contribution >= 0.6 is 0 Å². The van der Waals surface area contributed by atoms with Crippen LogP contribution < -0.4 is 25.6 Å². The lowest BCUT2D eigenvalue weighted by molar-refractivity contribution is -0.136. The van der Waals surface area contributed by atoms with Crippen LogP contribution in [0.3, 0.4) is 0 Å². The molecule has 2 aromatic heterocycles. The van der Waals surface area contributed by atoms with E-state index >= 15 is 0 Å². The van der Waals surface area contributed by atoms with Crippen molar-refractivity contribution in [1.29, 1.82) is 0 Å². The largest absolute Gasteiger partial charge is 0.483 e. The zero-order chi connectivity index (χ0) is 44.3. The van der Waals surface area contributed by atoms with E-state index in [0.717, 1.165) is 29.4 Å². The minimum absolute atomic E-state index is 0.00204. The van der Waals surface area contributed by atoms with Crippen LogP contribution in [0.1, 0.15) is 52.0 Å². The number of carbonyl (C=O) groups is 6. The van der Waals surface area contributed by atoms with E-state index in [2.05, 4.69) is 25.5 Å². The number of imide groups is 2. The Kier molecular flexibility index (Phi) is 12.7. The molecule has 4 aliphatic rings. The molecular formula is C40H40F5N9O8. The predicted molar refractivity (Wildman–Crippen MR) is 208 cm³/mol. The van der Waals surface area contributed by atoms with Crippen LogP contribution in [0.2, 0.25) is 0 Å². The van der Waals surface area contributed by atoms with Crippen molar-refractivity contribution in [3.63, 3.8) is 0 Å². The Balaban J connectivity index is 0.000000412. The molecule has 3 saturated heterocycles. The second-order valence-corrected chi connectivity index (χ2v) is 14.9. The predicted octanol–water partition coefficient (Wildman–Crippen LogP) is 3.77. The molecular weight excluding hydrogens is 829 g/mol. The second-order valence-electron chi connectivity index (χ2n) is 14.9. The summed E-state index contributed by atoms with van der Waals surface area (Å²) in [6, 6.07) is 4.71. The zero-order valence-electron chi connectivity index (χ0n) is 33.1. The summed E-state index contributed by atoms with van der Waals surface area (Å²) in [6.45, 7) is 3.53. The van der Waals surface area contributed by atoms with Crippen molar-refractivity contribution in [2.75, 3.05) is 62.6 Å². The summed E-state index contributed by atoms with van der Waals surface area (Å²) >= 11 is 0. The van der Waals surface area contributed by atoms with Gasteiger partial charge in [0, 0.05) is 63.2 Å². The number of hydrogen-bond acceptors (Lipinski definition) is 12. The SMILES string of the molecule is Cc1coc2c(F)cc(F)cc12.O=C1CCC(N2C(=O)c3cccc(OCC(=O)N4CCN(C5CCN(c6ncc(NC(=O)NCC(F)(F)F)cn6)CC5)CC4)c3C2=O)C(=O)N1. The van der Waals surface area contributed by atoms with E-state index in [9.17, 15) is 50.7 Å². The van der Waals surface area contributed by atoms with Crippen molar-refractivity contribution in [3.05, 3.63) is 77.3 Å². The number of urea groups is 1. The van der Waals surface area contributed by atoms with E-state index in [1.807, 2.05) is 4.90 Å². The van der Waals surface area contributed by atoms with Crippen molar-refractivity contribution in [2.45, 2.75) is 50.9 Å². The fourth-order valence-corrected chi connectivity index (χ4v) is 7.69. The van der Waals surface area contributed by atoms with Gasteiger partial charge in [0.2, 0.25) is 17.8 Å². The molecule has 62 heavy (non-hydrogen) atoms. The summed E-state index contributed by atoms with van der Waals surface area (Å²) in [6.07, 6.45) is 1.23. The average Bonchev–Trinajstić information content (AvgIpc) is 3.74. The van der Waals surface area contributed by atoms with Gasteiger partial charge in [-0.05, 0) is 49.9 Å². The van der Waals surface area contributed by atoms with Crippen LogP contribution in [0.15, 0.2) is 53.4 Å². The van der Waals surface area contributed by atoms with Gasteiger partial charge in [0.25, 0.3) is 17.7 Å². The number of amides is 7. The number of aromatic nitrogens is 2. The van der Waals surface area contributed by atoms with Crippen molar-refractivity contribution >= 4 is 58.2 Å². The molecule has 0 aliphatic carbocycles. The molecule has 1 atom stereocenters. The summed E-state index contributed by atoms with van der Waals surface area (Å²) in [5.74, 6) is -3.55. The molecule has 0 radical (unpaired) electrons. The normalized spacial score (nSPS) is 18.6. The summed E-state index contributed by atoms with van der Waals surface area (Å²) in [5, 5.41) is 6.64. The zero-order valence-corrected chi connectivity index (χ0v) is 33.1. The Hall–Kier alpha value is -6.71. The number of fused-ring (bicyclic) bond motifs is 2. The maximum Gasteiger partial charge on any atom is 0.405 e. The van der Waals surface area contributed by atoms with Crippen LogP contribution in [-0.4, -0.2) is 131 Å². The van der Waals surface area contributed by atoms with Crippen LogP contribution in [0.25, 0.3) is 11.0 Å². The topological polar surface area (TPSA) is 200 Å². The Morgan fingerprint density at radius 3 is 2.34 bits per heavy atom. The lowest BCUT2D eigenvalue weighted by Crippen LogP contribution is -2.55. The highest BCUT2D eigenvalue weighted by molar-refractivity contribution is 6.24. The minimum atomic E-state index is -4.52. The summed E-state index contributed by atoms with van der Waals surface area (Å²) in [5.41, 5.74) is 1.07. The van der Waals surface area contributed by atoms with E-state index in [1.54, 1.807) is 17.1 Å². The van der Waals surface area contributed by atoms with E-state index in [-0.39, 0.29) is 59.5 Å². The Morgan fingerprint density at radius 1 is 0.952 bits per heavy atom. The highest BCUT2D eigenvalue weighted by atomic mass is 19.4. The number of benzene rings is 2. The van der Waals surface area contributed by atoms with Gasteiger partial charge in [-0.15, -0.1) is 0 Å². The lowest BCUT2D eigenvalue weighted by atomic mass is 10.0. The van der Waals surface area contributed by atoms with Crippen LogP contribution in [0.5, 0.6) is 5.75 Å². The molecule has 2 aromatic carbocycles. The van der Waals surface area contributed by atoms with Gasteiger partial charge in [0.15, 0.2) is 18.0 Å². The molecule has 6 heterocycles. The quantitative estimate of drug-likeness (QED) is 0.171. The summed E-state index contributed by atoms with van der Waals surface area (Å²) in [7, 11) is 0. The molecule has 0 spiro atoms. The number of rotatable bonds is 8. The lowest BCUT2D eigenvalue weighted by Gasteiger charge is -2.42. The monoisotopic (exact) mass is 869 g/mol. The highest BCUT2D eigenvalue weighted by Gasteiger charge is 2.46. The van der Waals surface area contributed by atoms with Crippen molar-refractivity contribution in [3.8, 4) is 5.75 Å². The number of hydrogen-bond donors (Lipinski definition) is 3. The maximum atomic E-state index is 13.3. The number of nitrogens with one attached hydrogen (secondary N) is 3. The Bertz CT molecular complexity index is 2380. The number of anilines is 2. The van der Waals surface area contributed by atoms with Gasteiger partial charge in [-0.25, -0.2) is 23.5 Å². The molecule has 4 aromatic rings. The van der Waals surface area contributed by atoms with Gasteiger partial charge in [-0.3, -0.25) is 39.1 Å². The molecule has 3 fully saturated rings. The van der Waals surface area contributed by atoms with Crippen LogP contribution in [0, 0.1) is 18.6 Å². The third-order valence-corrected chi connectivity index (χ3v) is 10.8. The molecule has 0 saturated carbocycles. The fourth-order valence-electron chi connectivity index (χ4n) is 7.69. The first-order chi connectivity index (χ1) is 29.6.